The van der Waals surface area contributed by atoms with Crippen LogP contribution in [-0.4, -0.2) is 31.5 Å². The molecule has 1 aromatic carbocycles. The van der Waals surface area contributed by atoms with Crippen molar-refractivity contribution >= 4 is 23.2 Å². The predicted octanol–water partition coefficient (Wildman–Crippen LogP) is 1.25. The van der Waals surface area contributed by atoms with Crippen molar-refractivity contribution in [3.05, 3.63) is 44.7 Å². The number of halogens is 1. The molecule has 20 heavy (non-hydrogen) atoms. The largest absolute Gasteiger partial charge is 0.342 e. The van der Waals surface area contributed by atoms with Gasteiger partial charge in [0.1, 0.15) is 0 Å². The first kappa shape index (κ1) is 13.9. The highest BCUT2D eigenvalue weighted by atomic mass is 35.5. The van der Waals surface area contributed by atoms with Gasteiger partial charge in [-0.05, 0) is 13.0 Å². The van der Waals surface area contributed by atoms with Crippen LogP contribution in [0, 0.1) is 10.1 Å². The van der Waals surface area contributed by atoms with E-state index in [1.54, 1.807) is 6.92 Å². The van der Waals surface area contributed by atoms with E-state index in [-0.39, 0.29) is 16.3 Å². The highest BCUT2D eigenvalue weighted by Gasteiger charge is 2.18. The molecule has 10 heteroatoms. The smallest absolute Gasteiger partial charge is 0.271 e. The molecule has 0 saturated heterocycles. The first-order valence-electron chi connectivity index (χ1n) is 5.46. The number of amides is 1. The highest BCUT2D eigenvalue weighted by molar-refractivity contribution is 6.31. The van der Waals surface area contributed by atoms with E-state index in [2.05, 4.69) is 25.9 Å². The van der Waals surface area contributed by atoms with Crippen molar-refractivity contribution in [3.63, 3.8) is 0 Å². The number of hydrogen-bond donors (Lipinski definition) is 2. The molecular weight excluding hydrogens is 288 g/mol. The predicted molar refractivity (Wildman–Crippen MR) is 68.2 cm³/mol. The maximum atomic E-state index is 12.0. The number of aromatic amines is 1. The Morgan fingerprint density at radius 1 is 1.50 bits per heavy atom. The lowest BCUT2D eigenvalue weighted by Crippen LogP contribution is -2.27. The maximum Gasteiger partial charge on any atom is 0.271 e. The van der Waals surface area contributed by atoms with Crippen LogP contribution < -0.4 is 5.32 Å². The lowest BCUT2D eigenvalue weighted by Gasteiger charge is -2.10. The molecule has 2 rings (SSSR count). The van der Waals surface area contributed by atoms with Gasteiger partial charge in [0.15, 0.2) is 5.82 Å². The number of nitro benzene ring substituents is 1. The van der Waals surface area contributed by atoms with Crippen molar-refractivity contribution < 1.29 is 9.72 Å². The monoisotopic (exact) mass is 296 g/mol. The number of nitrogens with one attached hydrogen (secondary N) is 2. The van der Waals surface area contributed by atoms with Crippen LogP contribution in [0.5, 0.6) is 0 Å². The van der Waals surface area contributed by atoms with E-state index < -0.39 is 16.9 Å². The average molecular weight is 297 g/mol. The third-order valence-corrected chi connectivity index (χ3v) is 2.67. The fourth-order valence-electron chi connectivity index (χ4n) is 1.51. The normalized spacial score (nSPS) is 11.9. The van der Waals surface area contributed by atoms with Gasteiger partial charge in [-0.3, -0.25) is 14.9 Å². The minimum atomic E-state index is -0.620. The Balaban J connectivity index is 2.19. The summed E-state index contributed by atoms with van der Waals surface area (Å²) in [5.41, 5.74) is -0.172. The summed E-state index contributed by atoms with van der Waals surface area (Å²) in [4.78, 5) is 22.1. The SMILES string of the molecule is CC(NC(=O)c1cc(Cl)cc([N+](=O)[O-])c1)c1nn[nH]n1. The number of hydrogen-bond acceptors (Lipinski definition) is 6. The van der Waals surface area contributed by atoms with E-state index in [1.165, 1.54) is 12.1 Å². The molecule has 2 aromatic rings. The molecule has 0 spiro atoms. The Labute approximate surface area is 117 Å². The lowest BCUT2D eigenvalue weighted by molar-refractivity contribution is -0.384. The zero-order chi connectivity index (χ0) is 14.7. The molecular formula is C10H9ClN6O3. The van der Waals surface area contributed by atoms with Gasteiger partial charge < -0.3 is 5.32 Å². The summed E-state index contributed by atoms with van der Waals surface area (Å²) >= 11 is 5.75. The van der Waals surface area contributed by atoms with Crippen LogP contribution in [0.25, 0.3) is 0 Å². The van der Waals surface area contributed by atoms with Gasteiger partial charge in [-0.1, -0.05) is 16.8 Å². The van der Waals surface area contributed by atoms with Gasteiger partial charge in [-0.25, -0.2) is 0 Å². The molecule has 0 aliphatic heterocycles. The Bertz CT molecular complexity index is 644. The minimum absolute atomic E-state index is 0.0829. The molecule has 104 valence electrons. The number of carbonyl (C=O) groups is 1. The van der Waals surface area contributed by atoms with Gasteiger partial charge in [0.2, 0.25) is 0 Å². The van der Waals surface area contributed by atoms with Gasteiger partial charge in [-0.15, -0.1) is 10.2 Å². The number of non-ortho nitro benzene ring substituents is 1. The molecule has 1 aromatic heterocycles. The molecule has 2 N–H and O–H groups in total. The molecule has 1 heterocycles. The van der Waals surface area contributed by atoms with Crippen LogP contribution in [0.3, 0.4) is 0 Å². The Morgan fingerprint density at radius 3 is 2.85 bits per heavy atom. The van der Waals surface area contributed by atoms with Crippen LogP contribution in [0.2, 0.25) is 5.02 Å². The topological polar surface area (TPSA) is 127 Å². The number of rotatable bonds is 4. The van der Waals surface area contributed by atoms with E-state index in [0.29, 0.717) is 5.82 Å². The number of benzene rings is 1. The van der Waals surface area contributed by atoms with Crippen molar-refractivity contribution in [1.29, 1.82) is 0 Å². The Morgan fingerprint density at radius 2 is 2.25 bits per heavy atom. The fraction of sp³-hybridized carbons (Fsp3) is 0.200. The third kappa shape index (κ3) is 3.06. The molecule has 9 nitrogen and oxygen atoms in total. The zero-order valence-corrected chi connectivity index (χ0v) is 11.0. The van der Waals surface area contributed by atoms with Crippen molar-refractivity contribution in [2.75, 3.05) is 0 Å². The second-order valence-electron chi connectivity index (χ2n) is 3.92. The second kappa shape index (κ2) is 5.61. The van der Waals surface area contributed by atoms with Crippen LogP contribution >= 0.6 is 11.6 Å². The second-order valence-corrected chi connectivity index (χ2v) is 4.36. The molecule has 0 aliphatic carbocycles. The summed E-state index contributed by atoms with van der Waals surface area (Å²) in [6, 6.07) is 3.15. The number of nitrogens with zero attached hydrogens (tertiary/aromatic N) is 4. The molecule has 1 amide bonds. The number of tetrazole rings is 1. The van der Waals surface area contributed by atoms with Gasteiger partial charge in [-0.2, -0.15) is 5.21 Å². The van der Waals surface area contributed by atoms with Gasteiger partial charge in [0.25, 0.3) is 11.6 Å². The number of carbonyl (C=O) groups excluding carboxylic acids is 1. The summed E-state index contributed by atoms with van der Waals surface area (Å²) in [5, 5.41) is 26.5. The van der Waals surface area contributed by atoms with Crippen LogP contribution in [0.15, 0.2) is 18.2 Å². The zero-order valence-electron chi connectivity index (χ0n) is 10.2. The van der Waals surface area contributed by atoms with Crippen LogP contribution in [0.1, 0.15) is 29.1 Å². The van der Waals surface area contributed by atoms with Crippen LogP contribution in [-0.2, 0) is 0 Å². The molecule has 0 aliphatic rings. The van der Waals surface area contributed by atoms with E-state index in [4.69, 9.17) is 11.6 Å². The van der Waals surface area contributed by atoms with Crippen LogP contribution in [0.4, 0.5) is 5.69 Å². The van der Waals surface area contributed by atoms with Crippen molar-refractivity contribution in [1.82, 2.24) is 25.9 Å². The van der Waals surface area contributed by atoms with Crippen molar-refractivity contribution in [2.24, 2.45) is 0 Å². The van der Waals surface area contributed by atoms with Crippen molar-refractivity contribution in [2.45, 2.75) is 13.0 Å². The molecule has 0 radical (unpaired) electrons. The van der Waals surface area contributed by atoms with E-state index >= 15 is 0 Å². The minimum Gasteiger partial charge on any atom is -0.342 e. The van der Waals surface area contributed by atoms with E-state index in [0.717, 1.165) is 6.07 Å². The standard InChI is InChI=1S/C10H9ClN6O3/c1-5(9-13-15-16-14-9)12-10(18)6-2-7(11)4-8(3-6)17(19)20/h2-5H,1H3,(H,12,18)(H,13,14,15,16). The van der Waals surface area contributed by atoms with Gasteiger partial charge in [0.05, 0.1) is 11.0 Å². The first-order valence-corrected chi connectivity index (χ1v) is 5.84. The number of aromatic nitrogens is 4. The Kier molecular flexibility index (Phi) is 3.89. The Hall–Kier alpha value is -2.55. The molecule has 1 unspecified atom stereocenters. The summed E-state index contributed by atoms with van der Waals surface area (Å²) < 4.78 is 0. The van der Waals surface area contributed by atoms with E-state index in [9.17, 15) is 14.9 Å². The fourth-order valence-corrected chi connectivity index (χ4v) is 1.74. The first-order chi connectivity index (χ1) is 9.47. The number of nitro groups is 1. The summed E-state index contributed by atoms with van der Waals surface area (Å²) in [6.07, 6.45) is 0. The van der Waals surface area contributed by atoms with Gasteiger partial charge in [0, 0.05) is 22.7 Å². The molecule has 0 bridgehead atoms. The molecule has 0 fully saturated rings. The lowest BCUT2D eigenvalue weighted by atomic mass is 10.1. The van der Waals surface area contributed by atoms with E-state index in [1.807, 2.05) is 0 Å². The molecule has 1 atom stereocenters. The maximum absolute atomic E-state index is 12.0. The quantitative estimate of drug-likeness (QED) is 0.645. The molecule has 0 saturated carbocycles. The number of H-pyrrole nitrogens is 1. The van der Waals surface area contributed by atoms with Crippen molar-refractivity contribution in [3.8, 4) is 0 Å². The average Bonchev–Trinajstić information content (AvgIpc) is 2.91. The summed E-state index contributed by atoms with van der Waals surface area (Å²) in [7, 11) is 0. The van der Waals surface area contributed by atoms with Gasteiger partial charge >= 0.3 is 0 Å². The third-order valence-electron chi connectivity index (χ3n) is 2.45. The highest BCUT2D eigenvalue weighted by Crippen LogP contribution is 2.21. The summed E-state index contributed by atoms with van der Waals surface area (Å²) in [6.45, 7) is 1.65. The summed E-state index contributed by atoms with van der Waals surface area (Å²) in [5.74, 6) is -0.220.